The van der Waals surface area contributed by atoms with Crippen molar-refractivity contribution in [3.05, 3.63) is 29.8 Å². The summed E-state index contributed by atoms with van der Waals surface area (Å²) in [5.74, 6) is -3.46. The molecule has 0 radical (unpaired) electrons. The van der Waals surface area contributed by atoms with Crippen molar-refractivity contribution in [1.29, 1.82) is 0 Å². The van der Waals surface area contributed by atoms with Crippen molar-refractivity contribution >= 4 is 23.9 Å². The monoisotopic (exact) mass is 740 g/mol. The molecule has 1 fully saturated rings. The molecular formula is C27H42GdN4O10. The summed E-state index contributed by atoms with van der Waals surface area (Å²) in [6.07, 6.45) is 0.574. The van der Waals surface area contributed by atoms with Crippen LogP contribution in [0.15, 0.2) is 24.3 Å². The fourth-order valence-electron chi connectivity index (χ4n) is 4.55. The molecule has 0 spiro atoms. The minimum Gasteiger partial charge on any atom is -0.494 e. The predicted molar refractivity (Wildman–Crippen MR) is 147 cm³/mol. The molecule has 1 aromatic rings. The summed E-state index contributed by atoms with van der Waals surface area (Å²) in [7, 11) is 0. The number of rotatable bonds is 15. The second-order valence-corrected chi connectivity index (χ2v) is 9.80. The van der Waals surface area contributed by atoms with Crippen LogP contribution in [0.2, 0.25) is 0 Å². The molecule has 15 heteroatoms. The van der Waals surface area contributed by atoms with Crippen molar-refractivity contribution in [1.82, 2.24) is 19.6 Å². The molecule has 1 heterocycles. The van der Waals surface area contributed by atoms with Crippen molar-refractivity contribution in [2.45, 2.75) is 19.4 Å². The van der Waals surface area contributed by atoms with Gasteiger partial charge in [0.15, 0.2) is 0 Å². The van der Waals surface area contributed by atoms with Gasteiger partial charge in [0.25, 0.3) is 0 Å². The number of ether oxygens (including phenoxy) is 2. The quantitative estimate of drug-likeness (QED) is 0.170. The number of carbonyl (C=O) groups is 4. The smallest absolute Gasteiger partial charge is 0.323 e. The summed E-state index contributed by atoms with van der Waals surface area (Å²) in [6.45, 7) is 3.72. The predicted octanol–water partition coefficient (Wildman–Crippen LogP) is -0.427. The minimum atomic E-state index is -1.10. The molecule has 4 N–H and O–H groups in total. The third-order valence-corrected chi connectivity index (χ3v) is 6.72. The molecule has 0 saturated carbocycles. The van der Waals surface area contributed by atoms with E-state index in [4.69, 9.17) is 9.47 Å². The molecule has 1 unspecified atom stereocenters. The van der Waals surface area contributed by atoms with Gasteiger partial charge in [-0.25, -0.2) is 0 Å². The van der Waals surface area contributed by atoms with Crippen molar-refractivity contribution in [2.75, 3.05) is 91.8 Å². The number of aliphatic carboxylic acids is 4. The van der Waals surface area contributed by atoms with Gasteiger partial charge in [-0.05, 0) is 31.0 Å². The SMILES string of the molecule is CCOc1ccc(CCOCC(C(=O)O)N2CCN(CC(=O)O)CCN(CC(=O)O)CCN(CC(=O)O)CC2)cc1.[Gd]. The standard InChI is InChI=1S/C27H42N4O10.Gd/c1-2-41-22-5-3-21(4-6-22)7-16-40-20-23(27(38)39)31-14-12-29(18-25(34)35)10-8-28(17-24(32)33)9-11-30(13-15-31)19-26(36)37;/h3-6,23H,2,7-20H2,1H3,(H,32,33)(H,34,35)(H,36,37)(H,38,39);. The fraction of sp³-hybridized carbons (Fsp3) is 0.630. The summed E-state index contributed by atoms with van der Waals surface area (Å²) < 4.78 is 11.2. The minimum absolute atomic E-state index is 0. The van der Waals surface area contributed by atoms with Gasteiger partial charge in [-0.15, -0.1) is 0 Å². The number of benzene rings is 1. The number of hydrogen-bond donors (Lipinski definition) is 4. The third kappa shape index (κ3) is 15.5. The summed E-state index contributed by atoms with van der Waals surface area (Å²) in [4.78, 5) is 53.2. The maximum Gasteiger partial charge on any atom is 0.323 e. The average Bonchev–Trinajstić information content (AvgIpc) is 2.89. The third-order valence-electron chi connectivity index (χ3n) is 6.72. The van der Waals surface area contributed by atoms with Crippen molar-refractivity contribution in [3.63, 3.8) is 0 Å². The number of hydrogen-bond acceptors (Lipinski definition) is 10. The zero-order chi connectivity index (χ0) is 30.2. The number of nitrogens with zero attached hydrogens (tertiary/aromatic N) is 4. The molecule has 0 bridgehead atoms. The molecule has 0 amide bonds. The van der Waals surface area contributed by atoms with E-state index < -0.39 is 29.9 Å². The summed E-state index contributed by atoms with van der Waals surface area (Å²) in [5.41, 5.74) is 1.01. The van der Waals surface area contributed by atoms with E-state index in [2.05, 4.69) is 0 Å². The van der Waals surface area contributed by atoms with E-state index in [1.807, 2.05) is 31.2 Å². The van der Waals surface area contributed by atoms with Crippen LogP contribution in [0.5, 0.6) is 5.75 Å². The van der Waals surface area contributed by atoms with Gasteiger partial charge in [-0.2, -0.15) is 0 Å². The van der Waals surface area contributed by atoms with Crippen LogP contribution in [-0.4, -0.2) is 162 Å². The van der Waals surface area contributed by atoms with Gasteiger partial charge in [0.1, 0.15) is 11.8 Å². The molecular weight excluding hydrogens is 698 g/mol. The Morgan fingerprint density at radius 2 is 1.17 bits per heavy atom. The zero-order valence-electron chi connectivity index (χ0n) is 23.9. The van der Waals surface area contributed by atoms with Crippen molar-refractivity contribution < 1.29 is 89.0 Å². The van der Waals surface area contributed by atoms with Crippen LogP contribution in [0, 0.1) is 39.9 Å². The molecule has 0 aromatic heterocycles. The van der Waals surface area contributed by atoms with Crippen LogP contribution >= 0.6 is 0 Å². The van der Waals surface area contributed by atoms with E-state index in [0.717, 1.165) is 11.3 Å². The van der Waals surface area contributed by atoms with Gasteiger partial charge in [0, 0.05) is 92.3 Å². The fourth-order valence-corrected chi connectivity index (χ4v) is 4.55. The van der Waals surface area contributed by atoms with Crippen LogP contribution in [0.3, 0.4) is 0 Å². The van der Waals surface area contributed by atoms with Gasteiger partial charge in [-0.1, -0.05) is 12.1 Å². The summed E-state index contributed by atoms with van der Waals surface area (Å²) >= 11 is 0. The zero-order valence-corrected chi connectivity index (χ0v) is 26.1. The van der Waals surface area contributed by atoms with Crippen molar-refractivity contribution in [2.24, 2.45) is 0 Å². The van der Waals surface area contributed by atoms with E-state index in [1.54, 1.807) is 19.6 Å². The Morgan fingerprint density at radius 3 is 1.55 bits per heavy atom. The second kappa shape index (κ2) is 20.8. The van der Waals surface area contributed by atoms with Crippen LogP contribution in [-0.2, 0) is 30.3 Å². The van der Waals surface area contributed by atoms with Gasteiger partial charge < -0.3 is 29.9 Å². The maximum atomic E-state index is 12.3. The Morgan fingerprint density at radius 1 is 0.738 bits per heavy atom. The molecule has 1 saturated heterocycles. The molecule has 238 valence electrons. The van der Waals surface area contributed by atoms with Crippen LogP contribution in [0.25, 0.3) is 0 Å². The topological polar surface area (TPSA) is 181 Å². The first-order valence-electron chi connectivity index (χ1n) is 13.7. The molecule has 1 atom stereocenters. The first-order chi connectivity index (χ1) is 19.6. The number of carboxylic acid groups (broad SMARTS) is 4. The molecule has 0 aliphatic carbocycles. The van der Waals surface area contributed by atoms with Gasteiger partial charge in [-0.3, -0.25) is 38.8 Å². The molecule has 14 nitrogen and oxygen atoms in total. The normalized spacial score (nSPS) is 17.3. The van der Waals surface area contributed by atoms with E-state index in [0.29, 0.717) is 19.6 Å². The molecule has 1 aliphatic rings. The Hall–Kier alpha value is -1.98. The van der Waals surface area contributed by atoms with Crippen LogP contribution in [0.4, 0.5) is 0 Å². The Bertz CT molecular complexity index is 952. The van der Waals surface area contributed by atoms with Crippen LogP contribution < -0.4 is 4.74 Å². The van der Waals surface area contributed by atoms with E-state index in [-0.39, 0.29) is 119 Å². The summed E-state index contributed by atoms with van der Waals surface area (Å²) in [6, 6.07) is 6.54. The van der Waals surface area contributed by atoms with E-state index in [9.17, 15) is 39.6 Å². The molecule has 1 aromatic carbocycles. The second-order valence-electron chi connectivity index (χ2n) is 9.80. The van der Waals surface area contributed by atoms with E-state index >= 15 is 0 Å². The molecule has 1 aliphatic heterocycles. The van der Waals surface area contributed by atoms with Gasteiger partial charge >= 0.3 is 23.9 Å². The number of carboxylic acids is 4. The van der Waals surface area contributed by atoms with Crippen LogP contribution in [0.1, 0.15) is 12.5 Å². The first kappa shape index (κ1) is 38.0. The Kier molecular flexibility index (Phi) is 18.9. The van der Waals surface area contributed by atoms with Crippen molar-refractivity contribution in [3.8, 4) is 5.75 Å². The van der Waals surface area contributed by atoms with Gasteiger partial charge in [0.05, 0.1) is 39.5 Å². The Labute approximate surface area is 277 Å². The molecule has 2 rings (SSSR count). The maximum absolute atomic E-state index is 12.3. The van der Waals surface area contributed by atoms with E-state index in [1.165, 1.54) is 0 Å². The largest absolute Gasteiger partial charge is 0.494 e. The Balaban J connectivity index is 0.00000882. The molecule has 42 heavy (non-hydrogen) atoms. The average molecular weight is 740 g/mol. The first-order valence-corrected chi connectivity index (χ1v) is 13.7. The van der Waals surface area contributed by atoms with Gasteiger partial charge in [0.2, 0.25) is 0 Å². The summed E-state index contributed by atoms with van der Waals surface area (Å²) in [5, 5.41) is 38.1.